The monoisotopic (exact) mass is 338 g/mol. The van der Waals surface area contributed by atoms with E-state index in [2.05, 4.69) is 42.7 Å². The standard InChI is InChI=1S/C17H26N2O3S/c1-12-6-13(2)8-16(7-12)9-14(3)19-17(20)18-10-15-4-5-23(21,22)11-15/h6-8,14-15H,4-5,9-11H2,1-3H3,(H2,18,19,20)/t14-,15-/m1/s1. The number of aryl methyl sites for hydroxylation is 2. The number of carbonyl (C=O) groups excluding carboxylic acids is 1. The van der Waals surface area contributed by atoms with Crippen molar-refractivity contribution in [2.75, 3.05) is 18.1 Å². The Kier molecular flexibility index (Phi) is 5.68. The van der Waals surface area contributed by atoms with E-state index in [1.807, 2.05) is 6.92 Å². The van der Waals surface area contributed by atoms with Crippen LogP contribution in [-0.2, 0) is 16.3 Å². The minimum Gasteiger partial charge on any atom is -0.338 e. The van der Waals surface area contributed by atoms with E-state index >= 15 is 0 Å². The predicted octanol–water partition coefficient (Wildman–Crippen LogP) is 1.97. The van der Waals surface area contributed by atoms with Crippen molar-refractivity contribution in [2.45, 2.75) is 39.7 Å². The van der Waals surface area contributed by atoms with Crippen LogP contribution in [0.1, 0.15) is 30.0 Å². The molecule has 5 nitrogen and oxygen atoms in total. The number of urea groups is 1. The Morgan fingerprint density at radius 2 is 1.91 bits per heavy atom. The van der Waals surface area contributed by atoms with Crippen LogP contribution in [0.3, 0.4) is 0 Å². The summed E-state index contributed by atoms with van der Waals surface area (Å²) in [5.41, 5.74) is 3.65. The lowest BCUT2D eigenvalue weighted by Gasteiger charge is -2.16. The van der Waals surface area contributed by atoms with Crippen LogP contribution >= 0.6 is 0 Å². The van der Waals surface area contributed by atoms with E-state index < -0.39 is 9.84 Å². The second-order valence-electron chi connectivity index (χ2n) is 6.72. The van der Waals surface area contributed by atoms with E-state index in [4.69, 9.17) is 0 Å². The van der Waals surface area contributed by atoms with Crippen molar-refractivity contribution < 1.29 is 13.2 Å². The molecule has 0 aliphatic carbocycles. The topological polar surface area (TPSA) is 75.3 Å². The van der Waals surface area contributed by atoms with Crippen molar-refractivity contribution in [3.8, 4) is 0 Å². The van der Waals surface area contributed by atoms with Crippen molar-refractivity contribution in [2.24, 2.45) is 5.92 Å². The summed E-state index contributed by atoms with van der Waals surface area (Å²) in [5, 5.41) is 5.70. The molecule has 2 N–H and O–H groups in total. The molecule has 0 saturated carbocycles. The van der Waals surface area contributed by atoms with Crippen molar-refractivity contribution in [1.29, 1.82) is 0 Å². The number of sulfone groups is 1. The number of rotatable bonds is 5. The first-order chi connectivity index (χ1) is 10.7. The SMILES string of the molecule is Cc1cc(C)cc(C[C@@H](C)NC(=O)NC[C@H]2CCS(=O)(=O)C2)c1. The van der Waals surface area contributed by atoms with Gasteiger partial charge in [0.2, 0.25) is 0 Å². The van der Waals surface area contributed by atoms with Gasteiger partial charge in [-0.2, -0.15) is 0 Å². The fourth-order valence-corrected chi connectivity index (χ4v) is 5.00. The van der Waals surface area contributed by atoms with Gasteiger partial charge >= 0.3 is 6.03 Å². The predicted molar refractivity (Wildman–Crippen MR) is 92.4 cm³/mol. The molecule has 2 amide bonds. The van der Waals surface area contributed by atoms with Gasteiger partial charge in [-0.3, -0.25) is 0 Å². The first kappa shape index (κ1) is 17.8. The third-order valence-corrected chi connectivity index (χ3v) is 5.92. The highest BCUT2D eigenvalue weighted by Crippen LogP contribution is 2.17. The average molecular weight is 338 g/mol. The van der Waals surface area contributed by atoms with Gasteiger partial charge in [0.15, 0.2) is 9.84 Å². The summed E-state index contributed by atoms with van der Waals surface area (Å²) >= 11 is 0. The number of benzene rings is 1. The molecular formula is C17H26N2O3S. The van der Waals surface area contributed by atoms with Gasteiger partial charge < -0.3 is 10.6 Å². The maximum Gasteiger partial charge on any atom is 0.315 e. The normalized spacial score (nSPS) is 20.9. The van der Waals surface area contributed by atoms with Crippen molar-refractivity contribution in [3.63, 3.8) is 0 Å². The van der Waals surface area contributed by atoms with Crippen LogP contribution in [0.5, 0.6) is 0 Å². The van der Waals surface area contributed by atoms with Gasteiger partial charge in [-0.05, 0) is 45.1 Å². The smallest absolute Gasteiger partial charge is 0.315 e. The zero-order valence-corrected chi connectivity index (χ0v) is 14.9. The Morgan fingerprint density at radius 3 is 2.48 bits per heavy atom. The highest BCUT2D eigenvalue weighted by atomic mass is 32.2. The van der Waals surface area contributed by atoms with Crippen LogP contribution in [0.25, 0.3) is 0 Å². The molecule has 0 unspecified atom stereocenters. The summed E-state index contributed by atoms with van der Waals surface area (Å²) in [6.07, 6.45) is 1.41. The highest BCUT2D eigenvalue weighted by molar-refractivity contribution is 7.91. The van der Waals surface area contributed by atoms with Crippen molar-refractivity contribution in [3.05, 3.63) is 34.9 Å². The van der Waals surface area contributed by atoms with E-state index in [9.17, 15) is 13.2 Å². The Bertz CT molecular complexity index is 650. The molecular weight excluding hydrogens is 312 g/mol. The molecule has 0 aromatic heterocycles. The highest BCUT2D eigenvalue weighted by Gasteiger charge is 2.27. The lowest BCUT2D eigenvalue weighted by Crippen LogP contribution is -2.43. The summed E-state index contributed by atoms with van der Waals surface area (Å²) in [4.78, 5) is 11.9. The summed E-state index contributed by atoms with van der Waals surface area (Å²) in [5.74, 6) is 0.468. The zero-order chi connectivity index (χ0) is 17.0. The number of nitrogens with one attached hydrogen (secondary N) is 2. The Hall–Kier alpha value is -1.56. The summed E-state index contributed by atoms with van der Waals surface area (Å²) in [7, 11) is -2.89. The van der Waals surface area contributed by atoms with E-state index in [1.54, 1.807) is 0 Å². The number of hydrogen-bond donors (Lipinski definition) is 2. The Balaban J connectivity index is 1.76. The second kappa shape index (κ2) is 7.34. The molecule has 128 valence electrons. The van der Waals surface area contributed by atoms with Crippen LogP contribution < -0.4 is 10.6 Å². The molecule has 2 rings (SSSR count). The second-order valence-corrected chi connectivity index (χ2v) is 8.95. The fourth-order valence-electron chi connectivity index (χ4n) is 3.14. The van der Waals surface area contributed by atoms with Gasteiger partial charge in [0.1, 0.15) is 0 Å². The van der Waals surface area contributed by atoms with E-state index in [0.29, 0.717) is 13.0 Å². The van der Waals surface area contributed by atoms with E-state index in [-0.39, 0.29) is 29.5 Å². The third-order valence-electron chi connectivity index (χ3n) is 4.08. The maximum absolute atomic E-state index is 11.9. The minimum atomic E-state index is -2.89. The molecule has 1 aliphatic heterocycles. The van der Waals surface area contributed by atoms with Crippen LogP contribution in [0.4, 0.5) is 4.79 Å². The number of carbonyl (C=O) groups is 1. The largest absolute Gasteiger partial charge is 0.338 e. The third kappa shape index (κ3) is 5.86. The molecule has 1 aromatic rings. The molecule has 0 spiro atoms. The molecule has 6 heteroatoms. The van der Waals surface area contributed by atoms with E-state index in [0.717, 1.165) is 6.42 Å². The van der Waals surface area contributed by atoms with Crippen LogP contribution in [0.2, 0.25) is 0 Å². The van der Waals surface area contributed by atoms with Gasteiger partial charge in [-0.15, -0.1) is 0 Å². The average Bonchev–Trinajstić information content (AvgIpc) is 2.74. The van der Waals surface area contributed by atoms with Gasteiger partial charge in [-0.25, -0.2) is 13.2 Å². The molecule has 1 aromatic carbocycles. The molecule has 1 heterocycles. The van der Waals surface area contributed by atoms with Gasteiger partial charge in [0, 0.05) is 12.6 Å². The number of amides is 2. The molecule has 1 saturated heterocycles. The fraction of sp³-hybridized carbons (Fsp3) is 0.588. The van der Waals surface area contributed by atoms with Gasteiger partial charge in [0.25, 0.3) is 0 Å². The maximum atomic E-state index is 11.9. The molecule has 1 fully saturated rings. The van der Waals surface area contributed by atoms with Gasteiger partial charge in [0.05, 0.1) is 11.5 Å². The number of hydrogen-bond acceptors (Lipinski definition) is 3. The summed E-state index contributed by atoms with van der Waals surface area (Å²) in [6.45, 7) is 6.52. The lowest BCUT2D eigenvalue weighted by atomic mass is 10.0. The minimum absolute atomic E-state index is 0.0171. The Labute approximate surface area is 138 Å². The molecule has 2 atom stereocenters. The lowest BCUT2D eigenvalue weighted by molar-refractivity contribution is 0.236. The molecule has 23 heavy (non-hydrogen) atoms. The molecule has 0 bridgehead atoms. The first-order valence-electron chi connectivity index (χ1n) is 8.05. The van der Waals surface area contributed by atoms with Crippen LogP contribution in [-0.4, -0.2) is 38.5 Å². The van der Waals surface area contributed by atoms with Crippen LogP contribution in [0.15, 0.2) is 18.2 Å². The Morgan fingerprint density at radius 1 is 1.26 bits per heavy atom. The zero-order valence-electron chi connectivity index (χ0n) is 14.1. The molecule has 0 radical (unpaired) electrons. The quantitative estimate of drug-likeness (QED) is 0.862. The van der Waals surface area contributed by atoms with E-state index in [1.165, 1.54) is 16.7 Å². The summed E-state index contributed by atoms with van der Waals surface area (Å²) < 4.78 is 22.8. The van der Waals surface area contributed by atoms with Crippen molar-refractivity contribution in [1.82, 2.24) is 10.6 Å². The summed E-state index contributed by atoms with van der Waals surface area (Å²) in [6, 6.07) is 6.18. The van der Waals surface area contributed by atoms with Crippen molar-refractivity contribution >= 4 is 15.9 Å². The molecule has 1 aliphatic rings. The van der Waals surface area contributed by atoms with Gasteiger partial charge in [-0.1, -0.05) is 29.3 Å². The van der Waals surface area contributed by atoms with Crippen LogP contribution in [0, 0.1) is 19.8 Å². The first-order valence-corrected chi connectivity index (χ1v) is 9.87.